The Bertz CT molecular complexity index is 888. The van der Waals surface area contributed by atoms with Gasteiger partial charge in [-0.25, -0.2) is 0 Å². The highest BCUT2D eigenvalue weighted by atomic mass is 32.2. The first-order chi connectivity index (χ1) is 12.7. The normalized spacial score (nSPS) is 10.7. The molecule has 0 atom stereocenters. The van der Waals surface area contributed by atoms with Gasteiger partial charge in [-0.05, 0) is 12.5 Å². The Balaban J connectivity index is 1.65. The van der Waals surface area contributed by atoms with Gasteiger partial charge in [-0.1, -0.05) is 53.3 Å². The maximum Gasteiger partial charge on any atom is 0.237 e. The number of nitrogens with one attached hydrogen (secondary N) is 1. The summed E-state index contributed by atoms with van der Waals surface area (Å²) in [6, 6.07) is 11.7. The zero-order chi connectivity index (χ0) is 18.4. The third kappa shape index (κ3) is 4.60. The third-order valence-corrected chi connectivity index (χ3v) is 4.50. The number of aromatic nitrogens is 4. The molecule has 3 aromatic rings. The van der Waals surface area contributed by atoms with E-state index in [1.165, 1.54) is 11.8 Å². The lowest BCUT2D eigenvalue weighted by atomic mass is 10.1. The van der Waals surface area contributed by atoms with Crippen LogP contribution in [0.15, 0.2) is 58.7 Å². The lowest BCUT2D eigenvalue weighted by molar-refractivity contribution is -0.113. The lowest BCUT2D eigenvalue weighted by Crippen LogP contribution is -2.14. The molecule has 0 aliphatic carbocycles. The number of anilines is 1. The number of carbonyl (C=O) groups excluding carboxylic acids is 1. The van der Waals surface area contributed by atoms with E-state index < -0.39 is 0 Å². The van der Waals surface area contributed by atoms with Crippen molar-refractivity contribution in [2.75, 3.05) is 11.1 Å². The Labute approximate surface area is 155 Å². The van der Waals surface area contributed by atoms with Crippen LogP contribution in [0.1, 0.15) is 17.1 Å². The Morgan fingerprint density at radius 3 is 2.85 bits per heavy atom. The molecule has 3 rings (SSSR count). The quantitative estimate of drug-likeness (QED) is 0.485. The van der Waals surface area contributed by atoms with Gasteiger partial charge in [0, 0.05) is 19.0 Å². The average molecular weight is 369 g/mol. The number of amides is 1. The lowest BCUT2D eigenvalue weighted by Gasteiger charge is -2.07. The summed E-state index contributed by atoms with van der Waals surface area (Å²) in [5, 5.41) is 15.6. The molecule has 7 nitrogen and oxygen atoms in total. The zero-order valence-electron chi connectivity index (χ0n) is 14.4. The van der Waals surface area contributed by atoms with E-state index in [1.807, 2.05) is 34.9 Å². The van der Waals surface area contributed by atoms with Crippen LogP contribution < -0.4 is 5.32 Å². The summed E-state index contributed by atoms with van der Waals surface area (Å²) in [6.45, 7) is 6.17. The van der Waals surface area contributed by atoms with Crippen molar-refractivity contribution in [1.82, 2.24) is 19.9 Å². The molecular weight excluding hydrogens is 350 g/mol. The van der Waals surface area contributed by atoms with Crippen molar-refractivity contribution in [3.05, 3.63) is 66.1 Å². The fraction of sp³-hybridized carbons (Fsp3) is 0.222. The summed E-state index contributed by atoms with van der Waals surface area (Å²) >= 11 is 1.32. The van der Waals surface area contributed by atoms with Crippen LogP contribution in [-0.4, -0.2) is 31.6 Å². The fourth-order valence-corrected chi connectivity index (χ4v) is 3.14. The van der Waals surface area contributed by atoms with E-state index in [-0.39, 0.29) is 11.7 Å². The highest BCUT2D eigenvalue weighted by Gasteiger charge is 2.14. The maximum atomic E-state index is 12.1. The molecule has 1 aromatic carbocycles. The van der Waals surface area contributed by atoms with Crippen molar-refractivity contribution in [2.45, 2.75) is 25.0 Å². The van der Waals surface area contributed by atoms with Crippen LogP contribution in [0, 0.1) is 6.92 Å². The first-order valence-corrected chi connectivity index (χ1v) is 9.07. The standard InChI is InChI=1S/C18H19N5O2S/c1-3-9-23-15(11-14-7-5-4-6-8-14)20-21-18(23)26-12-16(24)19-17-10-13(2)22-25-17/h3-8,10H,1,9,11-12H2,2H3,(H,19,24). The van der Waals surface area contributed by atoms with E-state index in [9.17, 15) is 4.79 Å². The summed E-state index contributed by atoms with van der Waals surface area (Å²) in [5.74, 6) is 1.18. The fourth-order valence-electron chi connectivity index (χ4n) is 2.37. The molecule has 0 saturated carbocycles. The number of thioether (sulfide) groups is 1. The summed E-state index contributed by atoms with van der Waals surface area (Å²) in [4.78, 5) is 12.1. The molecule has 0 fully saturated rings. The first kappa shape index (κ1) is 17.9. The predicted octanol–water partition coefficient (Wildman–Crippen LogP) is 3.08. The van der Waals surface area contributed by atoms with Gasteiger partial charge in [0.25, 0.3) is 0 Å². The molecule has 8 heteroatoms. The molecule has 0 unspecified atom stereocenters. The minimum absolute atomic E-state index is 0.191. The van der Waals surface area contributed by atoms with Gasteiger partial charge in [0.15, 0.2) is 5.16 Å². The Morgan fingerprint density at radius 1 is 1.35 bits per heavy atom. The highest BCUT2D eigenvalue weighted by molar-refractivity contribution is 7.99. The SMILES string of the molecule is C=CCn1c(Cc2ccccc2)nnc1SCC(=O)Nc1cc(C)no1. The van der Waals surface area contributed by atoms with Crippen LogP contribution in [0.5, 0.6) is 0 Å². The molecule has 0 aliphatic heterocycles. The second kappa shape index (κ2) is 8.48. The Morgan fingerprint density at radius 2 is 2.15 bits per heavy atom. The number of carbonyl (C=O) groups is 1. The summed E-state index contributed by atoms with van der Waals surface area (Å²) in [6.07, 6.45) is 2.46. The van der Waals surface area contributed by atoms with Crippen LogP contribution >= 0.6 is 11.8 Å². The van der Waals surface area contributed by atoms with Gasteiger partial charge in [-0.3, -0.25) is 10.1 Å². The van der Waals surface area contributed by atoms with Crippen LogP contribution in [0.3, 0.4) is 0 Å². The number of benzene rings is 1. The first-order valence-electron chi connectivity index (χ1n) is 8.08. The number of aryl methyl sites for hydroxylation is 1. The second-order valence-electron chi connectivity index (χ2n) is 5.63. The summed E-state index contributed by atoms with van der Waals surface area (Å²) < 4.78 is 6.95. The largest absolute Gasteiger partial charge is 0.338 e. The molecule has 0 aliphatic rings. The van der Waals surface area contributed by atoms with E-state index in [0.717, 1.165) is 11.4 Å². The highest BCUT2D eigenvalue weighted by Crippen LogP contribution is 2.19. The molecule has 1 N–H and O–H groups in total. The van der Waals surface area contributed by atoms with E-state index in [4.69, 9.17) is 4.52 Å². The van der Waals surface area contributed by atoms with Crippen molar-refractivity contribution in [3.63, 3.8) is 0 Å². The number of hydrogen-bond donors (Lipinski definition) is 1. The van der Waals surface area contributed by atoms with E-state index in [0.29, 0.717) is 29.7 Å². The Hall–Kier alpha value is -2.87. The minimum atomic E-state index is -0.191. The third-order valence-electron chi connectivity index (χ3n) is 3.53. The number of rotatable bonds is 8. The number of nitrogens with zero attached hydrogens (tertiary/aromatic N) is 4. The molecule has 2 heterocycles. The van der Waals surface area contributed by atoms with Gasteiger partial charge >= 0.3 is 0 Å². The monoisotopic (exact) mass is 369 g/mol. The average Bonchev–Trinajstić information content (AvgIpc) is 3.21. The summed E-state index contributed by atoms with van der Waals surface area (Å²) in [7, 11) is 0. The van der Waals surface area contributed by atoms with Gasteiger partial charge in [-0.2, -0.15) is 0 Å². The smallest absolute Gasteiger partial charge is 0.237 e. The van der Waals surface area contributed by atoms with Crippen molar-refractivity contribution in [3.8, 4) is 0 Å². The topological polar surface area (TPSA) is 85.8 Å². The van der Waals surface area contributed by atoms with Crippen molar-refractivity contribution in [1.29, 1.82) is 0 Å². The predicted molar refractivity (Wildman–Crippen MR) is 100 cm³/mol. The number of allylic oxidation sites excluding steroid dienone is 1. The van der Waals surface area contributed by atoms with E-state index in [1.54, 1.807) is 19.1 Å². The molecule has 0 bridgehead atoms. The molecule has 26 heavy (non-hydrogen) atoms. The van der Waals surface area contributed by atoms with E-state index >= 15 is 0 Å². The van der Waals surface area contributed by atoms with Crippen molar-refractivity contribution < 1.29 is 9.32 Å². The molecular formula is C18H19N5O2S. The molecule has 0 spiro atoms. The van der Waals surface area contributed by atoms with Crippen LogP contribution in [0.25, 0.3) is 0 Å². The molecule has 1 amide bonds. The Kier molecular flexibility index (Phi) is 5.85. The summed E-state index contributed by atoms with van der Waals surface area (Å²) in [5.41, 5.74) is 1.87. The van der Waals surface area contributed by atoms with Gasteiger partial charge in [0.1, 0.15) is 5.82 Å². The minimum Gasteiger partial charge on any atom is -0.338 e. The second-order valence-corrected chi connectivity index (χ2v) is 6.57. The van der Waals surface area contributed by atoms with Crippen molar-refractivity contribution >= 4 is 23.6 Å². The van der Waals surface area contributed by atoms with Gasteiger partial charge in [0.05, 0.1) is 11.4 Å². The van der Waals surface area contributed by atoms with Crippen LogP contribution in [0.2, 0.25) is 0 Å². The van der Waals surface area contributed by atoms with Crippen LogP contribution in [-0.2, 0) is 17.8 Å². The number of hydrogen-bond acceptors (Lipinski definition) is 6. The van der Waals surface area contributed by atoms with Crippen molar-refractivity contribution in [2.24, 2.45) is 0 Å². The molecule has 134 valence electrons. The van der Waals surface area contributed by atoms with Gasteiger partial charge < -0.3 is 9.09 Å². The zero-order valence-corrected chi connectivity index (χ0v) is 15.2. The molecule has 0 radical (unpaired) electrons. The van der Waals surface area contributed by atoms with Crippen LogP contribution in [0.4, 0.5) is 5.88 Å². The molecule has 2 aromatic heterocycles. The molecule has 0 saturated heterocycles. The van der Waals surface area contributed by atoms with Gasteiger partial charge in [0.2, 0.25) is 11.8 Å². The maximum absolute atomic E-state index is 12.1. The van der Waals surface area contributed by atoms with E-state index in [2.05, 4.69) is 27.2 Å². The van der Waals surface area contributed by atoms with Gasteiger partial charge in [-0.15, -0.1) is 16.8 Å².